The Balaban J connectivity index is 0.000000310. The van der Waals surface area contributed by atoms with Gasteiger partial charge in [0.25, 0.3) is 0 Å². The van der Waals surface area contributed by atoms with E-state index in [1.54, 1.807) is 5.43 Å². The predicted molar refractivity (Wildman–Crippen MR) is 40.9 cm³/mol. The number of nitrogens with zero attached hydrogens (tertiary/aromatic N) is 4. The molecule has 0 bridgehead atoms. The zero-order valence-electron chi connectivity index (χ0n) is 6.26. The summed E-state index contributed by atoms with van der Waals surface area (Å²) in [7, 11) is 0. The van der Waals surface area contributed by atoms with Crippen molar-refractivity contribution in [1.82, 2.24) is 20.6 Å². The van der Waals surface area contributed by atoms with Gasteiger partial charge >= 0.3 is 5.95 Å². The van der Waals surface area contributed by atoms with Gasteiger partial charge in [0.15, 0.2) is 11.0 Å². The lowest BCUT2D eigenvalue weighted by Gasteiger charge is -1.83. The molecule has 11 nitrogen and oxygen atoms in total. The molecule has 0 aliphatic rings. The Bertz CT molecular complexity index is 261. The summed E-state index contributed by atoms with van der Waals surface area (Å²) in [6, 6.07) is 0. The molecule has 1 rings (SSSR count). The second-order valence-corrected chi connectivity index (χ2v) is 1.56. The van der Waals surface area contributed by atoms with E-state index in [4.69, 9.17) is 5.41 Å². The Labute approximate surface area is 71.1 Å². The van der Waals surface area contributed by atoms with E-state index in [1.165, 1.54) is 0 Å². The van der Waals surface area contributed by atoms with Crippen LogP contribution >= 0.6 is 0 Å². The first-order valence-electron chi connectivity index (χ1n) is 2.76. The third-order valence-corrected chi connectivity index (χ3v) is 0.537. The van der Waals surface area contributed by atoms with Crippen LogP contribution in [0.5, 0.6) is 0 Å². The van der Waals surface area contributed by atoms with Gasteiger partial charge in [-0.25, -0.2) is 10.1 Å². The molecule has 0 spiro atoms. The number of anilines is 1. The number of aromatic nitrogens is 4. The largest absolute Gasteiger partial charge is 0.370 e. The lowest BCUT2D eigenvalue weighted by molar-refractivity contribution is -0.446. The summed E-state index contributed by atoms with van der Waals surface area (Å²) < 4.78 is 0. The fourth-order valence-corrected chi connectivity index (χ4v) is 0.291. The third-order valence-electron chi connectivity index (χ3n) is 0.537. The van der Waals surface area contributed by atoms with Crippen LogP contribution in [0.1, 0.15) is 0 Å². The molecule has 72 valence electrons. The van der Waals surface area contributed by atoms with Gasteiger partial charge in [-0.15, -0.1) is 5.10 Å². The standard InChI is InChI=1S/CH2N6O2.CH5N3/c8-7(9)4-1-2-5-6-3-1;2-1(3)4/h(H2,2,3,4,5,6);(H5,2,3,4). The monoisotopic (exact) mass is 189 g/mol. The van der Waals surface area contributed by atoms with Gasteiger partial charge in [0, 0.05) is 0 Å². The highest BCUT2D eigenvalue weighted by Gasteiger charge is 2.00. The van der Waals surface area contributed by atoms with Crippen LogP contribution in [0.2, 0.25) is 0 Å². The molecule has 1 heterocycles. The minimum Gasteiger partial charge on any atom is -0.370 e. The molecule has 0 aliphatic carbocycles. The van der Waals surface area contributed by atoms with E-state index in [9.17, 15) is 10.1 Å². The number of guanidine groups is 1. The van der Waals surface area contributed by atoms with Crippen molar-refractivity contribution in [3.05, 3.63) is 10.1 Å². The van der Waals surface area contributed by atoms with Gasteiger partial charge in [0.05, 0.1) is 0 Å². The Hall–Kier alpha value is -2.46. The van der Waals surface area contributed by atoms with Crippen LogP contribution in [0.3, 0.4) is 0 Å². The average molecular weight is 189 g/mol. The molecule has 0 aromatic carbocycles. The van der Waals surface area contributed by atoms with Gasteiger partial charge in [-0.05, 0) is 5.21 Å². The first-order chi connectivity index (χ1) is 6.02. The van der Waals surface area contributed by atoms with E-state index in [2.05, 4.69) is 32.1 Å². The van der Waals surface area contributed by atoms with Crippen LogP contribution in [0.15, 0.2) is 0 Å². The minimum absolute atomic E-state index is 0.153. The van der Waals surface area contributed by atoms with Crippen molar-refractivity contribution in [1.29, 1.82) is 5.41 Å². The summed E-state index contributed by atoms with van der Waals surface area (Å²) >= 11 is 0. The summed E-state index contributed by atoms with van der Waals surface area (Å²) in [6.07, 6.45) is 0. The Morgan fingerprint density at radius 2 is 2.23 bits per heavy atom. The fourth-order valence-electron chi connectivity index (χ4n) is 0.291. The first kappa shape index (κ1) is 10.5. The SMILES string of the molecule is N=C(N)N.O=[N+]([O-])Nc1nn[nH]n1. The molecule has 0 saturated heterocycles. The maximum Gasteiger partial charge on any atom is 0.323 e. The van der Waals surface area contributed by atoms with Gasteiger partial charge in [0.2, 0.25) is 0 Å². The number of hydrazine groups is 1. The lowest BCUT2D eigenvalue weighted by Crippen LogP contribution is -2.20. The van der Waals surface area contributed by atoms with Crippen molar-refractivity contribution in [3.8, 4) is 0 Å². The zero-order valence-corrected chi connectivity index (χ0v) is 6.26. The Morgan fingerprint density at radius 1 is 1.69 bits per heavy atom. The number of nitrogens with one attached hydrogen (secondary N) is 3. The molecule has 0 atom stereocenters. The molecule has 0 radical (unpaired) electrons. The van der Waals surface area contributed by atoms with E-state index in [0.717, 1.165) is 0 Å². The number of nitrogens with two attached hydrogens (primary N) is 2. The molecular formula is C2H7N9O2. The van der Waals surface area contributed by atoms with E-state index >= 15 is 0 Å². The average Bonchev–Trinajstić information content (AvgIpc) is 2.36. The number of hydrogen-bond donors (Lipinski definition) is 5. The second kappa shape index (κ2) is 5.22. The topological polar surface area (TPSA) is 186 Å². The highest BCUT2D eigenvalue weighted by molar-refractivity contribution is 5.71. The normalized spacial score (nSPS) is 8.00. The van der Waals surface area contributed by atoms with Crippen LogP contribution in [0, 0.1) is 15.5 Å². The predicted octanol–water partition coefficient (Wildman–Crippen LogP) is -2.36. The van der Waals surface area contributed by atoms with Gasteiger partial charge in [-0.1, -0.05) is 10.5 Å². The van der Waals surface area contributed by atoms with Crippen molar-refractivity contribution in [2.45, 2.75) is 0 Å². The van der Waals surface area contributed by atoms with Crippen LogP contribution in [-0.2, 0) is 0 Å². The maximum absolute atomic E-state index is 9.64. The number of hydrogen-bond acceptors (Lipinski definition) is 6. The summed E-state index contributed by atoms with van der Waals surface area (Å²) in [5.74, 6) is -0.486. The maximum atomic E-state index is 9.64. The van der Waals surface area contributed by atoms with Crippen LogP contribution in [0.25, 0.3) is 0 Å². The summed E-state index contributed by atoms with van der Waals surface area (Å²) in [6.45, 7) is 0. The molecule has 0 unspecified atom stereocenters. The Morgan fingerprint density at radius 3 is 2.54 bits per heavy atom. The number of nitro groups is 1. The molecule has 11 heteroatoms. The van der Waals surface area contributed by atoms with Crippen molar-refractivity contribution in [2.75, 3.05) is 5.43 Å². The molecule has 0 amide bonds. The third kappa shape index (κ3) is 7.44. The smallest absolute Gasteiger partial charge is 0.323 e. The van der Waals surface area contributed by atoms with Crippen molar-refractivity contribution in [2.24, 2.45) is 11.5 Å². The highest BCUT2D eigenvalue weighted by Crippen LogP contribution is 1.86. The molecule has 13 heavy (non-hydrogen) atoms. The number of rotatable bonds is 2. The summed E-state index contributed by atoms with van der Waals surface area (Å²) in [5, 5.41) is 26.5. The lowest BCUT2D eigenvalue weighted by atomic mass is 11.1. The molecule has 0 fully saturated rings. The quantitative estimate of drug-likeness (QED) is 0.148. The Kier molecular flexibility index (Phi) is 4.24. The van der Waals surface area contributed by atoms with Crippen LogP contribution in [0.4, 0.5) is 5.95 Å². The van der Waals surface area contributed by atoms with Crippen molar-refractivity contribution in [3.63, 3.8) is 0 Å². The van der Waals surface area contributed by atoms with Crippen molar-refractivity contribution < 1.29 is 5.03 Å². The highest BCUT2D eigenvalue weighted by atomic mass is 16.7. The minimum atomic E-state index is -0.773. The second-order valence-electron chi connectivity index (χ2n) is 1.56. The van der Waals surface area contributed by atoms with Gasteiger partial charge in [-0.3, -0.25) is 5.41 Å². The molecule has 7 N–H and O–H groups in total. The van der Waals surface area contributed by atoms with E-state index in [1.807, 2.05) is 0 Å². The van der Waals surface area contributed by atoms with Crippen LogP contribution < -0.4 is 16.9 Å². The number of aromatic amines is 1. The van der Waals surface area contributed by atoms with E-state index < -0.39 is 5.03 Å². The van der Waals surface area contributed by atoms with Gasteiger partial charge in [-0.2, -0.15) is 5.21 Å². The van der Waals surface area contributed by atoms with Crippen molar-refractivity contribution >= 4 is 11.9 Å². The molecule has 1 aromatic rings. The van der Waals surface area contributed by atoms with Crippen LogP contribution in [-0.4, -0.2) is 31.6 Å². The van der Waals surface area contributed by atoms with Gasteiger partial charge < -0.3 is 11.5 Å². The summed E-state index contributed by atoms with van der Waals surface area (Å²) in [4.78, 5) is 9.64. The molecule has 1 aromatic heterocycles. The van der Waals surface area contributed by atoms with Gasteiger partial charge in [0.1, 0.15) is 0 Å². The zero-order chi connectivity index (χ0) is 10.3. The number of H-pyrrole nitrogens is 1. The van der Waals surface area contributed by atoms with E-state index in [-0.39, 0.29) is 11.9 Å². The summed E-state index contributed by atoms with van der Waals surface area (Å²) in [5.41, 5.74) is 10.6. The first-order valence-corrected chi connectivity index (χ1v) is 2.76. The molecular weight excluding hydrogens is 182 g/mol. The fraction of sp³-hybridized carbons (Fsp3) is 0. The molecule has 0 aliphatic heterocycles. The number of tetrazole rings is 1. The van der Waals surface area contributed by atoms with E-state index in [0.29, 0.717) is 0 Å². The molecule has 0 saturated carbocycles.